The fraction of sp³-hybridized carbons (Fsp3) is 0.562. The van der Waals surface area contributed by atoms with Crippen LogP contribution in [-0.4, -0.2) is 49.0 Å². The Morgan fingerprint density at radius 2 is 2.17 bits per heavy atom. The van der Waals surface area contributed by atoms with E-state index < -0.39 is 16.1 Å². The Balaban J connectivity index is 1.92. The van der Waals surface area contributed by atoms with Crippen molar-refractivity contribution in [3.8, 4) is 5.75 Å². The van der Waals surface area contributed by atoms with Gasteiger partial charge in [-0.2, -0.15) is 4.31 Å². The molecule has 1 amide bonds. The normalized spacial score (nSPS) is 24.8. The number of carbonyl (C=O) groups is 1. The molecule has 3 rings (SSSR count). The van der Waals surface area contributed by atoms with Crippen LogP contribution in [0.15, 0.2) is 23.1 Å². The van der Waals surface area contributed by atoms with Crippen molar-refractivity contribution in [2.75, 3.05) is 18.5 Å². The number of aliphatic hydroxyl groups excluding tert-OH is 1. The van der Waals surface area contributed by atoms with E-state index in [1.165, 1.54) is 16.4 Å². The summed E-state index contributed by atoms with van der Waals surface area (Å²) in [6.07, 6.45) is 2.35. The minimum absolute atomic E-state index is 0.0390. The molecular weight excluding hydrogens is 332 g/mol. The number of fused-ring (bicyclic) bond motifs is 1. The minimum Gasteiger partial charge on any atom is -0.479 e. The molecule has 0 bridgehead atoms. The Bertz CT molecular complexity index is 732. The van der Waals surface area contributed by atoms with Gasteiger partial charge in [-0.3, -0.25) is 4.79 Å². The number of nitrogens with one attached hydrogen (secondary N) is 1. The van der Waals surface area contributed by atoms with Gasteiger partial charge >= 0.3 is 0 Å². The molecule has 7 nitrogen and oxygen atoms in total. The lowest BCUT2D eigenvalue weighted by Gasteiger charge is -2.34. The molecular formula is C16H22N2O5S. The molecule has 2 heterocycles. The summed E-state index contributed by atoms with van der Waals surface area (Å²) in [7, 11) is -3.68. The van der Waals surface area contributed by atoms with Crippen LogP contribution in [0.3, 0.4) is 0 Å². The van der Waals surface area contributed by atoms with E-state index in [0.717, 1.165) is 19.3 Å². The van der Waals surface area contributed by atoms with Crippen molar-refractivity contribution in [3.63, 3.8) is 0 Å². The van der Waals surface area contributed by atoms with Crippen LogP contribution >= 0.6 is 0 Å². The summed E-state index contributed by atoms with van der Waals surface area (Å²) < 4.78 is 32.9. The smallest absolute Gasteiger partial charge is 0.265 e. The highest BCUT2D eigenvalue weighted by Gasteiger charge is 2.34. The second kappa shape index (κ2) is 6.70. The van der Waals surface area contributed by atoms with Crippen LogP contribution in [0, 0.1) is 0 Å². The quantitative estimate of drug-likeness (QED) is 0.850. The Morgan fingerprint density at radius 1 is 1.38 bits per heavy atom. The number of ether oxygens (including phenoxy) is 1. The van der Waals surface area contributed by atoms with Crippen LogP contribution in [0.25, 0.3) is 0 Å². The lowest BCUT2D eigenvalue weighted by atomic mass is 10.0. The standard InChI is InChI=1S/C16H22N2O5S/c1-11-16(20)17-14-10-13(5-6-15(14)23-11)24(21,22)18-8-3-2-4-12(18)7-9-19/h5-6,10-12,19H,2-4,7-9H2,1H3,(H,17,20). The maximum absolute atomic E-state index is 13.0. The highest BCUT2D eigenvalue weighted by atomic mass is 32.2. The fourth-order valence-electron chi connectivity index (χ4n) is 3.21. The van der Waals surface area contributed by atoms with E-state index in [2.05, 4.69) is 5.32 Å². The van der Waals surface area contributed by atoms with Gasteiger partial charge in [-0.15, -0.1) is 0 Å². The van der Waals surface area contributed by atoms with Crippen molar-refractivity contribution in [1.29, 1.82) is 0 Å². The first-order valence-corrected chi connectivity index (χ1v) is 9.62. The van der Waals surface area contributed by atoms with Crippen LogP contribution in [0.5, 0.6) is 5.75 Å². The molecule has 2 aliphatic heterocycles. The van der Waals surface area contributed by atoms with Crippen molar-refractivity contribution in [2.45, 2.75) is 49.6 Å². The third kappa shape index (κ3) is 3.13. The third-order valence-corrected chi connectivity index (χ3v) is 6.47. The summed E-state index contributed by atoms with van der Waals surface area (Å²) >= 11 is 0. The monoisotopic (exact) mass is 354 g/mol. The van der Waals surface area contributed by atoms with Gasteiger partial charge in [0.25, 0.3) is 5.91 Å². The zero-order valence-electron chi connectivity index (χ0n) is 13.6. The van der Waals surface area contributed by atoms with E-state index in [-0.39, 0.29) is 23.5 Å². The van der Waals surface area contributed by atoms with Crippen molar-refractivity contribution in [1.82, 2.24) is 4.31 Å². The summed E-state index contributed by atoms with van der Waals surface area (Å²) in [5.74, 6) is 0.166. The fourth-order valence-corrected chi connectivity index (χ4v) is 4.96. The average Bonchev–Trinajstić information content (AvgIpc) is 2.56. The van der Waals surface area contributed by atoms with Crippen LogP contribution < -0.4 is 10.1 Å². The molecule has 2 N–H and O–H groups in total. The number of anilines is 1. The summed E-state index contributed by atoms with van der Waals surface area (Å²) in [6.45, 7) is 2.04. The maximum Gasteiger partial charge on any atom is 0.265 e. The van der Waals surface area contributed by atoms with E-state index in [4.69, 9.17) is 4.74 Å². The summed E-state index contributed by atoms with van der Waals surface area (Å²) in [6, 6.07) is 4.33. The molecule has 2 atom stereocenters. The molecule has 8 heteroatoms. The van der Waals surface area contributed by atoms with Crippen molar-refractivity contribution in [2.24, 2.45) is 0 Å². The number of nitrogens with zero attached hydrogens (tertiary/aromatic N) is 1. The second-order valence-corrected chi connectivity index (χ2v) is 8.08. The molecule has 1 aromatic rings. The van der Waals surface area contributed by atoms with Gasteiger partial charge in [-0.05, 0) is 44.4 Å². The van der Waals surface area contributed by atoms with E-state index in [9.17, 15) is 18.3 Å². The number of hydrogen-bond donors (Lipinski definition) is 2. The number of benzene rings is 1. The number of amides is 1. The largest absolute Gasteiger partial charge is 0.479 e. The van der Waals surface area contributed by atoms with E-state index in [0.29, 0.717) is 24.4 Å². The summed E-state index contributed by atoms with van der Waals surface area (Å²) in [4.78, 5) is 11.9. The minimum atomic E-state index is -3.68. The Hall–Kier alpha value is -1.64. The van der Waals surface area contributed by atoms with E-state index in [1.807, 2.05) is 0 Å². The molecule has 1 fully saturated rings. The average molecular weight is 354 g/mol. The second-order valence-electron chi connectivity index (χ2n) is 6.18. The van der Waals surface area contributed by atoms with Gasteiger partial charge in [0.15, 0.2) is 6.10 Å². The highest BCUT2D eigenvalue weighted by Crippen LogP contribution is 2.34. The van der Waals surface area contributed by atoms with Gasteiger partial charge in [-0.1, -0.05) is 6.42 Å². The summed E-state index contributed by atoms with van der Waals surface area (Å²) in [5, 5.41) is 11.9. The zero-order chi connectivity index (χ0) is 17.3. The molecule has 0 aromatic heterocycles. The van der Waals surface area contributed by atoms with E-state index in [1.54, 1.807) is 13.0 Å². The number of piperidine rings is 1. The zero-order valence-corrected chi connectivity index (χ0v) is 14.4. The van der Waals surface area contributed by atoms with Crippen LogP contribution in [-0.2, 0) is 14.8 Å². The molecule has 0 radical (unpaired) electrons. The molecule has 0 aliphatic carbocycles. The van der Waals surface area contributed by atoms with Crippen LogP contribution in [0.2, 0.25) is 0 Å². The maximum atomic E-state index is 13.0. The van der Waals surface area contributed by atoms with Gasteiger partial charge in [0.2, 0.25) is 10.0 Å². The number of carbonyl (C=O) groups excluding carboxylic acids is 1. The first-order chi connectivity index (χ1) is 11.4. The highest BCUT2D eigenvalue weighted by molar-refractivity contribution is 7.89. The first-order valence-electron chi connectivity index (χ1n) is 8.18. The van der Waals surface area contributed by atoms with Gasteiger partial charge in [0, 0.05) is 19.2 Å². The van der Waals surface area contributed by atoms with Crippen LogP contribution in [0.4, 0.5) is 5.69 Å². The number of rotatable bonds is 4. The third-order valence-electron chi connectivity index (χ3n) is 4.52. The molecule has 0 saturated carbocycles. The molecule has 2 aliphatic rings. The first kappa shape index (κ1) is 17.2. The van der Waals surface area contributed by atoms with Gasteiger partial charge < -0.3 is 15.2 Å². The lowest BCUT2D eigenvalue weighted by Crippen LogP contribution is -2.44. The Kier molecular flexibility index (Phi) is 4.80. The number of aliphatic hydroxyl groups is 1. The Labute approximate surface area is 141 Å². The molecule has 24 heavy (non-hydrogen) atoms. The number of hydrogen-bond acceptors (Lipinski definition) is 5. The molecule has 1 saturated heterocycles. The topological polar surface area (TPSA) is 95.9 Å². The van der Waals surface area contributed by atoms with Crippen LogP contribution in [0.1, 0.15) is 32.6 Å². The molecule has 1 aromatic carbocycles. The van der Waals surface area contributed by atoms with Crippen molar-refractivity contribution >= 4 is 21.6 Å². The molecule has 132 valence electrons. The lowest BCUT2D eigenvalue weighted by molar-refractivity contribution is -0.122. The van der Waals surface area contributed by atoms with E-state index >= 15 is 0 Å². The SMILES string of the molecule is CC1Oc2ccc(S(=O)(=O)N3CCCCC3CCO)cc2NC1=O. The summed E-state index contributed by atoms with van der Waals surface area (Å²) in [5.41, 5.74) is 0.370. The van der Waals surface area contributed by atoms with Gasteiger partial charge in [0.05, 0.1) is 10.6 Å². The van der Waals surface area contributed by atoms with Gasteiger partial charge in [0.1, 0.15) is 5.75 Å². The van der Waals surface area contributed by atoms with Crippen molar-refractivity contribution < 1.29 is 23.1 Å². The predicted octanol–water partition coefficient (Wildman–Crippen LogP) is 1.33. The molecule has 0 spiro atoms. The predicted molar refractivity (Wildman–Crippen MR) is 88.4 cm³/mol. The molecule has 2 unspecified atom stereocenters. The van der Waals surface area contributed by atoms with Gasteiger partial charge in [-0.25, -0.2) is 8.42 Å². The number of sulfonamides is 1. The van der Waals surface area contributed by atoms with Crippen molar-refractivity contribution in [3.05, 3.63) is 18.2 Å². The Morgan fingerprint density at radius 3 is 2.92 bits per heavy atom.